The molecule has 0 radical (unpaired) electrons. The molecule has 4 aromatic rings. The van der Waals surface area contributed by atoms with Gasteiger partial charge in [-0.05, 0) is 70.2 Å². The monoisotopic (exact) mass is 778 g/mol. The first kappa shape index (κ1) is 35.1. The topological polar surface area (TPSA) is 142 Å². The fraction of sp³-hybridized carbons (Fsp3) is 0.250. The predicted octanol–water partition coefficient (Wildman–Crippen LogP) is 4.16. The van der Waals surface area contributed by atoms with E-state index in [2.05, 4.69) is 40.2 Å². The van der Waals surface area contributed by atoms with Crippen molar-refractivity contribution >= 4 is 88.1 Å². The van der Waals surface area contributed by atoms with Crippen molar-refractivity contribution in [2.24, 2.45) is 20.4 Å². The average Bonchev–Trinajstić information content (AvgIpc) is 2.98. The van der Waals surface area contributed by atoms with Crippen LogP contribution >= 0.6 is 0 Å². The smallest absolute Gasteiger partial charge is 0.0567 e. The van der Waals surface area contributed by atoms with Crippen LogP contribution in [0.1, 0.15) is 36.8 Å². The second-order valence-corrected chi connectivity index (χ2v) is 14.8. The number of unbranched alkanes of at least 4 members (excludes halogenated alkanes) is 1. The van der Waals surface area contributed by atoms with Gasteiger partial charge in [0.25, 0.3) is 0 Å². The van der Waals surface area contributed by atoms with Crippen molar-refractivity contribution < 1.29 is 20.4 Å². The summed E-state index contributed by atoms with van der Waals surface area (Å²) in [4.78, 5) is 9.18. The molecule has 0 aliphatic rings. The third-order valence-electron chi connectivity index (χ3n) is 5.60. The van der Waals surface area contributed by atoms with Crippen molar-refractivity contribution in [3.8, 4) is 11.5 Å². The van der Waals surface area contributed by atoms with E-state index in [1.165, 1.54) is 24.6 Å². The van der Waals surface area contributed by atoms with Crippen molar-refractivity contribution in [1.29, 1.82) is 0 Å². The van der Waals surface area contributed by atoms with Crippen molar-refractivity contribution in [1.82, 2.24) is 0 Å². The van der Waals surface area contributed by atoms with Crippen molar-refractivity contribution in [3.63, 3.8) is 0 Å². The molecule has 4 aromatic carbocycles. The molecule has 0 aliphatic heterocycles. The van der Waals surface area contributed by atoms with Gasteiger partial charge in [0.2, 0.25) is 0 Å². The molecule has 0 aromatic heterocycles. The maximum Gasteiger partial charge on any atom is 0.0567 e. The van der Waals surface area contributed by atoms with E-state index in [0.29, 0.717) is 24.0 Å². The van der Waals surface area contributed by atoms with Gasteiger partial charge in [-0.25, -0.2) is 0 Å². The van der Waals surface area contributed by atoms with E-state index in [0.717, 1.165) is 21.5 Å². The van der Waals surface area contributed by atoms with Crippen molar-refractivity contribution in [3.05, 3.63) is 83.9 Å². The second kappa shape index (κ2) is 19.9. The van der Waals surface area contributed by atoms with Gasteiger partial charge in [-0.3, -0.25) is 0 Å². The van der Waals surface area contributed by atoms with Crippen LogP contribution in [0.3, 0.4) is 0 Å². The third kappa shape index (κ3) is 11.6. The molecule has 4 rings (SSSR count). The molecule has 0 aliphatic carbocycles. The molecule has 0 spiro atoms. The standard InChI is InChI=1S/C28H26N4O4.4CH3.2Sn/c33-25-15-13-19-7-1-3-9-21(19)23(25)17-29-31-27(35)11-5-6-12-28(36)32-30-18-24-22-10-4-2-8-20(22)14-16-26(24)34;;;;;;/h1-4,7-10,13-18,33-34H,5-6,11-12H2,(H,31,35)(H,32,36);4*1H3;;/q;;;;;2*+2/p-4/b29-17+,30-18+;;;;;;. The van der Waals surface area contributed by atoms with Gasteiger partial charge in [-0.1, -0.05) is 84.3 Å². The van der Waals surface area contributed by atoms with Gasteiger partial charge in [0.15, 0.2) is 0 Å². The molecule has 0 unspecified atom stereocenters. The summed E-state index contributed by atoms with van der Waals surface area (Å²) in [7, 11) is 0. The van der Waals surface area contributed by atoms with E-state index in [1.54, 1.807) is 12.1 Å². The van der Waals surface area contributed by atoms with E-state index in [9.17, 15) is 20.4 Å². The number of benzene rings is 4. The molecule has 0 bridgehead atoms. The Bertz CT molecular complexity index is 1420. The van der Waals surface area contributed by atoms with Crippen LogP contribution in [0.4, 0.5) is 0 Å². The molecule has 0 heterocycles. The Hall–Kier alpha value is -3.12. The summed E-state index contributed by atoms with van der Waals surface area (Å²) in [6, 6.07) is 21.2. The van der Waals surface area contributed by atoms with Gasteiger partial charge in [0, 0.05) is 0 Å². The first-order valence-corrected chi connectivity index (χ1v) is 24.9. The quantitative estimate of drug-likeness (QED) is 0.0828. The minimum atomic E-state index is -0.444. The summed E-state index contributed by atoms with van der Waals surface area (Å²) in [5.74, 6) is -1.28. The van der Waals surface area contributed by atoms with Gasteiger partial charge in [-0.2, -0.15) is 20.4 Å². The number of nitrogens with zero attached hydrogens (tertiary/aromatic N) is 4. The molecule has 8 nitrogen and oxygen atoms in total. The Balaban J connectivity index is 0.000000946. The number of hydrogen-bond acceptors (Lipinski definition) is 8. The van der Waals surface area contributed by atoms with Crippen LogP contribution in [-0.2, 0) is 0 Å². The number of hydrogen-bond donors (Lipinski definition) is 0. The van der Waals surface area contributed by atoms with Crippen LogP contribution in [0.5, 0.6) is 11.5 Å². The van der Waals surface area contributed by atoms with Gasteiger partial charge < -0.3 is 20.4 Å². The van der Waals surface area contributed by atoms with E-state index in [1.807, 2.05) is 48.5 Å². The van der Waals surface area contributed by atoms with Crippen LogP contribution in [0, 0.1) is 0 Å². The zero-order valence-electron chi connectivity index (χ0n) is 24.3. The Labute approximate surface area is 268 Å². The molecule has 42 heavy (non-hydrogen) atoms. The molecule has 214 valence electrons. The summed E-state index contributed by atoms with van der Waals surface area (Å²) < 4.78 is 0. The van der Waals surface area contributed by atoms with Crippen LogP contribution in [0.25, 0.3) is 21.5 Å². The largest absolute Gasteiger partial charge is 0.872 e. The van der Waals surface area contributed by atoms with E-state index >= 15 is 0 Å². The average molecular weight is 776 g/mol. The first-order chi connectivity index (χ1) is 20.4. The Morgan fingerprint density at radius 3 is 1.33 bits per heavy atom. The maximum absolute atomic E-state index is 12.1. The molecule has 0 saturated heterocycles. The molecule has 10 heteroatoms. The van der Waals surface area contributed by atoms with Gasteiger partial charge >= 0.3 is 62.0 Å². The molecule has 0 N–H and O–H groups in total. The van der Waals surface area contributed by atoms with Crippen LogP contribution in [0.15, 0.2) is 93.2 Å². The zero-order valence-corrected chi connectivity index (χ0v) is 30.0. The fourth-order valence-corrected chi connectivity index (χ4v) is 3.77. The van der Waals surface area contributed by atoms with Gasteiger partial charge in [0.1, 0.15) is 0 Å². The number of fused-ring (bicyclic) bond motifs is 2. The summed E-state index contributed by atoms with van der Waals surface area (Å²) >= 11 is 0.460. The Kier molecular flexibility index (Phi) is 16.6. The van der Waals surface area contributed by atoms with Crippen LogP contribution < -0.4 is 20.4 Å². The summed E-state index contributed by atoms with van der Waals surface area (Å²) in [5.41, 5.74) is 0.759. The van der Waals surface area contributed by atoms with Crippen LogP contribution in [0.2, 0.25) is 19.8 Å². The minimum absolute atomic E-state index is 0.114. The number of rotatable bonds is 9. The summed E-state index contributed by atoms with van der Waals surface area (Å²) in [5, 5.41) is 66.3. The maximum atomic E-state index is 12.1. The predicted molar refractivity (Wildman–Crippen MR) is 170 cm³/mol. The van der Waals surface area contributed by atoms with Crippen molar-refractivity contribution in [2.75, 3.05) is 0 Å². The van der Waals surface area contributed by atoms with E-state index in [4.69, 9.17) is 0 Å². The SMILES string of the molecule is [CH3][Sn+2][CH3].[CH3][Sn+2][CH3].[O-]/C(CCCC/C([O-])=N/N=C/c1c([O-])ccc2ccccc12)=N\N=C\c1c([O-])ccc2ccccc12. The Morgan fingerprint density at radius 1 is 0.595 bits per heavy atom. The van der Waals surface area contributed by atoms with E-state index in [-0.39, 0.29) is 66.6 Å². The third-order valence-corrected chi connectivity index (χ3v) is 5.60. The molecule has 0 saturated carbocycles. The molecule has 0 atom stereocenters. The fourth-order valence-electron chi connectivity index (χ4n) is 3.77. The summed E-state index contributed by atoms with van der Waals surface area (Å²) in [6.07, 6.45) is 3.68. The molecule has 0 fully saturated rings. The first-order valence-electron chi connectivity index (χ1n) is 13.4. The van der Waals surface area contributed by atoms with Gasteiger partial charge in [0.05, 0.1) is 12.4 Å². The van der Waals surface area contributed by atoms with E-state index < -0.39 is 11.8 Å². The molecular weight excluding hydrogens is 742 g/mol. The minimum Gasteiger partial charge on any atom is -0.872 e. The summed E-state index contributed by atoms with van der Waals surface area (Å²) in [6.45, 7) is 0. The zero-order chi connectivity index (χ0) is 30.7. The molecule has 0 amide bonds. The van der Waals surface area contributed by atoms with Gasteiger partial charge in [-0.15, -0.1) is 0 Å². The van der Waals surface area contributed by atoms with Crippen molar-refractivity contribution in [2.45, 2.75) is 45.4 Å². The molecular formula is C32H34N4O4Sn2. The van der Waals surface area contributed by atoms with Crippen LogP contribution in [-0.4, -0.2) is 66.5 Å². The Morgan fingerprint density at radius 2 is 0.952 bits per heavy atom. The normalized spacial score (nSPS) is 11.5. The second-order valence-electron chi connectivity index (χ2n) is 9.08.